The van der Waals surface area contributed by atoms with E-state index in [-0.39, 0.29) is 10.6 Å². The van der Waals surface area contributed by atoms with Crippen molar-refractivity contribution in [1.29, 1.82) is 0 Å². The minimum atomic E-state index is -3.72. The topological polar surface area (TPSA) is 110 Å². The summed E-state index contributed by atoms with van der Waals surface area (Å²) in [5, 5.41) is 11.6. The Bertz CT molecular complexity index is 1150. The highest BCUT2D eigenvalue weighted by Gasteiger charge is 2.28. The molecule has 1 fully saturated rings. The third-order valence-corrected chi connectivity index (χ3v) is 7.80. The molecule has 4 rings (SSSR count). The number of hydrogen-bond donors (Lipinski definition) is 0. The summed E-state index contributed by atoms with van der Waals surface area (Å²) in [4.78, 5) is 17.0. The Balaban J connectivity index is 1.43. The first-order valence-electron chi connectivity index (χ1n) is 9.79. The molecule has 2 heterocycles. The van der Waals surface area contributed by atoms with Crippen molar-refractivity contribution in [3.05, 3.63) is 76.1 Å². The van der Waals surface area contributed by atoms with Crippen LogP contribution >= 0.6 is 11.5 Å². The van der Waals surface area contributed by atoms with Crippen LogP contribution in [0.15, 0.2) is 59.5 Å². The van der Waals surface area contributed by atoms with Crippen molar-refractivity contribution in [2.75, 3.05) is 31.1 Å². The summed E-state index contributed by atoms with van der Waals surface area (Å²) in [6.07, 6.45) is 1.31. The van der Waals surface area contributed by atoms with Gasteiger partial charge in [-0.15, -0.1) is 0 Å². The predicted octanol–water partition coefficient (Wildman–Crippen LogP) is 2.94. The second-order valence-corrected chi connectivity index (χ2v) is 9.82. The highest BCUT2D eigenvalue weighted by Crippen LogP contribution is 2.24. The van der Waals surface area contributed by atoms with Crippen molar-refractivity contribution in [3.8, 4) is 0 Å². The predicted molar refractivity (Wildman–Crippen MR) is 118 cm³/mol. The van der Waals surface area contributed by atoms with Crippen LogP contribution in [0.5, 0.6) is 0 Å². The molecule has 2 aromatic carbocycles. The lowest BCUT2D eigenvalue weighted by Crippen LogP contribution is -2.35. The van der Waals surface area contributed by atoms with E-state index in [2.05, 4.69) is 14.3 Å². The van der Waals surface area contributed by atoms with Gasteiger partial charge in [0.25, 0.3) is 5.69 Å². The van der Waals surface area contributed by atoms with Crippen LogP contribution in [-0.2, 0) is 16.4 Å². The fourth-order valence-electron chi connectivity index (χ4n) is 3.44. The zero-order valence-electron chi connectivity index (χ0n) is 16.6. The summed E-state index contributed by atoms with van der Waals surface area (Å²) in [7, 11) is -3.72. The van der Waals surface area contributed by atoms with Crippen LogP contribution in [0.25, 0.3) is 0 Å². The SMILES string of the molecule is O=[N+]([O-])c1ccc(S(=O)(=O)N2CCCN(c3nc(Cc4ccccc4)ns3)CC2)cc1. The number of hydrogen-bond acceptors (Lipinski definition) is 8. The molecule has 0 N–H and O–H groups in total. The van der Waals surface area contributed by atoms with Crippen LogP contribution in [0.1, 0.15) is 17.8 Å². The molecular formula is C20H21N5O4S2. The van der Waals surface area contributed by atoms with E-state index in [1.807, 2.05) is 30.3 Å². The summed E-state index contributed by atoms with van der Waals surface area (Å²) in [6.45, 7) is 1.89. The largest absolute Gasteiger partial charge is 0.345 e. The first-order chi connectivity index (χ1) is 14.9. The summed E-state index contributed by atoms with van der Waals surface area (Å²) >= 11 is 1.33. The van der Waals surface area contributed by atoms with Gasteiger partial charge in [0, 0.05) is 56.3 Å². The number of nitro groups is 1. The zero-order valence-corrected chi connectivity index (χ0v) is 18.3. The van der Waals surface area contributed by atoms with Gasteiger partial charge in [-0.1, -0.05) is 30.3 Å². The summed E-state index contributed by atoms with van der Waals surface area (Å²) < 4.78 is 31.9. The van der Waals surface area contributed by atoms with Gasteiger partial charge in [-0.25, -0.2) is 13.4 Å². The van der Waals surface area contributed by atoms with Crippen LogP contribution in [-0.4, -0.2) is 53.2 Å². The molecule has 162 valence electrons. The number of nitro benzene ring substituents is 1. The van der Waals surface area contributed by atoms with Crippen LogP contribution in [0.2, 0.25) is 0 Å². The van der Waals surface area contributed by atoms with E-state index in [9.17, 15) is 18.5 Å². The molecule has 0 aliphatic carbocycles. The fourth-order valence-corrected chi connectivity index (χ4v) is 5.64. The van der Waals surface area contributed by atoms with Gasteiger partial charge >= 0.3 is 0 Å². The van der Waals surface area contributed by atoms with Crippen LogP contribution in [0.4, 0.5) is 10.8 Å². The van der Waals surface area contributed by atoms with E-state index in [1.165, 1.54) is 40.1 Å². The van der Waals surface area contributed by atoms with Gasteiger partial charge in [-0.05, 0) is 24.1 Å². The van der Waals surface area contributed by atoms with Crippen LogP contribution in [0, 0.1) is 10.1 Å². The third-order valence-electron chi connectivity index (χ3n) is 5.07. The standard InChI is InChI=1S/C20H21N5O4S2/c26-25(27)17-7-9-18(10-8-17)31(28,29)24-12-4-11-23(13-14-24)20-21-19(22-30-20)15-16-5-2-1-3-6-16/h1-3,5-10H,4,11-15H2. The molecule has 0 spiro atoms. The van der Waals surface area contributed by atoms with E-state index in [0.717, 1.165) is 16.5 Å². The first-order valence-corrected chi connectivity index (χ1v) is 12.0. The molecule has 0 atom stereocenters. The quantitative estimate of drug-likeness (QED) is 0.412. The first kappa shape index (κ1) is 21.3. The van der Waals surface area contributed by atoms with Crippen molar-refractivity contribution in [3.63, 3.8) is 0 Å². The van der Waals surface area contributed by atoms with Crippen LogP contribution in [0.3, 0.4) is 0 Å². The molecule has 31 heavy (non-hydrogen) atoms. The molecule has 3 aromatic rings. The molecule has 11 heteroatoms. The second kappa shape index (κ2) is 9.08. The molecule has 0 bridgehead atoms. The summed E-state index contributed by atoms with van der Waals surface area (Å²) in [6, 6.07) is 15.0. The number of non-ortho nitro benzene ring substituents is 1. The summed E-state index contributed by atoms with van der Waals surface area (Å²) in [5.41, 5.74) is 1.01. The van der Waals surface area contributed by atoms with Gasteiger partial charge in [-0.2, -0.15) is 8.68 Å². The normalized spacial score (nSPS) is 15.5. The van der Waals surface area contributed by atoms with Gasteiger partial charge in [-0.3, -0.25) is 10.1 Å². The Morgan fingerprint density at radius 2 is 1.74 bits per heavy atom. The number of aromatic nitrogens is 2. The smallest absolute Gasteiger partial charge is 0.269 e. The van der Waals surface area contributed by atoms with E-state index in [1.54, 1.807) is 0 Å². The Morgan fingerprint density at radius 3 is 2.45 bits per heavy atom. The lowest BCUT2D eigenvalue weighted by Gasteiger charge is -2.21. The molecule has 0 amide bonds. The maximum atomic E-state index is 13.0. The molecule has 1 saturated heterocycles. The number of nitrogens with zero attached hydrogens (tertiary/aromatic N) is 5. The van der Waals surface area contributed by atoms with Crippen molar-refractivity contribution in [1.82, 2.24) is 13.7 Å². The van der Waals surface area contributed by atoms with Gasteiger partial charge in [0.05, 0.1) is 9.82 Å². The van der Waals surface area contributed by atoms with Crippen molar-refractivity contribution < 1.29 is 13.3 Å². The molecule has 9 nitrogen and oxygen atoms in total. The molecular weight excluding hydrogens is 438 g/mol. The monoisotopic (exact) mass is 459 g/mol. The Hall–Kier alpha value is -2.89. The average molecular weight is 460 g/mol. The van der Waals surface area contributed by atoms with E-state index >= 15 is 0 Å². The fraction of sp³-hybridized carbons (Fsp3) is 0.300. The maximum Gasteiger partial charge on any atom is 0.269 e. The lowest BCUT2D eigenvalue weighted by molar-refractivity contribution is -0.384. The van der Waals surface area contributed by atoms with Crippen molar-refractivity contribution in [2.45, 2.75) is 17.7 Å². The van der Waals surface area contributed by atoms with E-state index < -0.39 is 14.9 Å². The van der Waals surface area contributed by atoms with Gasteiger partial charge in [0.1, 0.15) is 5.82 Å². The minimum Gasteiger partial charge on any atom is -0.345 e. The molecule has 1 aromatic heterocycles. The van der Waals surface area contributed by atoms with Crippen molar-refractivity contribution >= 4 is 32.4 Å². The highest BCUT2D eigenvalue weighted by atomic mass is 32.2. The summed E-state index contributed by atoms with van der Waals surface area (Å²) in [5.74, 6) is 0.755. The van der Waals surface area contributed by atoms with Gasteiger partial charge in [0.15, 0.2) is 0 Å². The minimum absolute atomic E-state index is 0.0626. The Labute approximate surface area is 184 Å². The highest BCUT2D eigenvalue weighted by molar-refractivity contribution is 7.89. The Kier molecular flexibility index (Phi) is 6.25. The molecule has 0 unspecified atom stereocenters. The third kappa shape index (κ3) is 4.89. The lowest BCUT2D eigenvalue weighted by atomic mass is 10.1. The molecule has 1 aliphatic rings. The Morgan fingerprint density at radius 1 is 1.00 bits per heavy atom. The molecule has 0 radical (unpaired) electrons. The average Bonchev–Trinajstić information content (AvgIpc) is 3.08. The van der Waals surface area contributed by atoms with E-state index in [4.69, 9.17) is 0 Å². The van der Waals surface area contributed by atoms with Crippen molar-refractivity contribution in [2.24, 2.45) is 0 Å². The van der Waals surface area contributed by atoms with Gasteiger partial charge in [0.2, 0.25) is 15.2 Å². The molecule has 0 saturated carbocycles. The number of anilines is 1. The number of sulfonamides is 1. The van der Waals surface area contributed by atoms with Gasteiger partial charge < -0.3 is 4.90 Å². The zero-order chi connectivity index (χ0) is 21.8. The maximum absolute atomic E-state index is 13.0. The van der Waals surface area contributed by atoms with E-state index in [0.29, 0.717) is 39.0 Å². The number of benzene rings is 2. The molecule has 1 aliphatic heterocycles. The number of rotatable bonds is 6. The van der Waals surface area contributed by atoms with Crippen LogP contribution < -0.4 is 4.90 Å². The second-order valence-electron chi connectivity index (χ2n) is 7.15.